The lowest BCUT2D eigenvalue weighted by Crippen LogP contribution is -2.38. The van der Waals surface area contributed by atoms with E-state index in [2.05, 4.69) is 15.4 Å². The van der Waals surface area contributed by atoms with Crippen molar-refractivity contribution >= 4 is 11.8 Å². The molecule has 0 bridgehead atoms. The van der Waals surface area contributed by atoms with Crippen molar-refractivity contribution in [3.63, 3.8) is 0 Å². The zero-order valence-corrected chi connectivity index (χ0v) is 12.9. The number of carbonyl (C=O) groups excluding carboxylic acids is 2. The second-order valence-electron chi connectivity index (χ2n) is 5.00. The zero-order chi connectivity index (χ0) is 17.5. The van der Waals surface area contributed by atoms with Crippen LogP contribution in [0.5, 0.6) is 0 Å². The van der Waals surface area contributed by atoms with Gasteiger partial charge in [-0.1, -0.05) is 6.07 Å². The predicted octanol–water partition coefficient (Wildman–Crippen LogP) is 1.73. The predicted molar refractivity (Wildman–Crippen MR) is 78.1 cm³/mol. The fourth-order valence-corrected chi connectivity index (χ4v) is 1.66. The fourth-order valence-electron chi connectivity index (χ4n) is 1.66. The lowest BCUT2D eigenvalue weighted by molar-refractivity contribution is -0.173. The number of rotatable bonds is 7. The molecule has 23 heavy (non-hydrogen) atoms. The first-order chi connectivity index (χ1) is 10.7. The molecule has 8 heteroatoms. The van der Waals surface area contributed by atoms with Gasteiger partial charge in [0.05, 0.1) is 13.2 Å². The van der Waals surface area contributed by atoms with E-state index in [0.29, 0.717) is 5.56 Å². The molecule has 1 aromatic rings. The van der Waals surface area contributed by atoms with Gasteiger partial charge in [-0.25, -0.2) is 0 Å². The molecule has 0 aliphatic heterocycles. The van der Waals surface area contributed by atoms with Crippen molar-refractivity contribution in [2.24, 2.45) is 0 Å². The van der Waals surface area contributed by atoms with Crippen molar-refractivity contribution in [1.82, 2.24) is 10.6 Å². The van der Waals surface area contributed by atoms with Crippen molar-refractivity contribution in [3.05, 3.63) is 34.9 Å². The number of alkyl halides is 3. The smallest absolute Gasteiger partial charge is 0.370 e. The quantitative estimate of drug-likeness (QED) is 0.747. The molecule has 0 aliphatic carbocycles. The van der Waals surface area contributed by atoms with Gasteiger partial charge in [0, 0.05) is 12.1 Å². The summed E-state index contributed by atoms with van der Waals surface area (Å²) in [4.78, 5) is 23.3. The summed E-state index contributed by atoms with van der Waals surface area (Å²) in [6, 6.07) is 5.18. The Morgan fingerprint density at radius 3 is 2.43 bits per heavy atom. The second kappa shape index (κ2) is 8.52. The summed E-state index contributed by atoms with van der Waals surface area (Å²) in [5, 5.41) is 4.79. The van der Waals surface area contributed by atoms with Gasteiger partial charge in [-0.05, 0) is 37.1 Å². The van der Waals surface area contributed by atoms with Crippen LogP contribution < -0.4 is 10.6 Å². The number of benzene rings is 1. The van der Waals surface area contributed by atoms with E-state index in [1.165, 1.54) is 0 Å². The average Bonchev–Trinajstić information content (AvgIpc) is 2.46. The average molecular weight is 332 g/mol. The minimum absolute atomic E-state index is 0.0611. The number of hydrogen-bond acceptors (Lipinski definition) is 3. The lowest BCUT2D eigenvalue weighted by Gasteiger charge is -2.09. The van der Waals surface area contributed by atoms with Crippen LogP contribution >= 0.6 is 0 Å². The number of hydrogen-bond donors (Lipinski definition) is 2. The third-order valence-electron chi connectivity index (χ3n) is 3.01. The molecule has 0 saturated carbocycles. The van der Waals surface area contributed by atoms with E-state index in [9.17, 15) is 22.8 Å². The molecular weight excluding hydrogens is 313 g/mol. The van der Waals surface area contributed by atoms with E-state index in [4.69, 9.17) is 0 Å². The van der Waals surface area contributed by atoms with Crippen molar-refractivity contribution in [2.45, 2.75) is 20.0 Å². The Hall–Kier alpha value is -2.09. The molecule has 128 valence electrons. The minimum Gasteiger partial charge on any atom is -0.370 e. The van der Waals surface area contributed by atoms with E-state index in [1.807, 2.05) is 19.9 Å². The first-order valence-corrected chi connectivity index (χ1v) is 6.95. The second-order valence-corrected chi connectivity index (χ2v) is 5.00. The molecule has 0 atom stereocenters. The van der Waals surface area contributed by atoms with Crippen LogP contribution in [0.1, 0.15) is 21.5 Å². The molecule has 0 aliphatic rings. The highest BCUT2D eigenvalue weighted by Gasteiger charge is 2.27. The van der Waals surface area contributed by atoms with Gasteiger partial charge >= 0.3 is 6.18 Å². The van der Waals surface area contributed by atoms with Gasteiger partial charge in [0.15, 0.2) is 0 Å². The van der Waals surface area contributed by atoms with Gasteiger partial charge in [-0.2, -0.15) is 13.2 Å². The molecule has 0 heterocycles. The highest BCUT2D eigenvalue weighted by Crippen LogP contribution is 2.13. The maximum absolute atomic E-state index is 11.9. The van der Waals surface area contributed by atoms with Gasteiger partial charge < -0.3 is 15.4 Å². The summed E-state index contributed by atoms with van der Waals surface area (Å²) in [5.74, 6) is -0.894. The van der Waals surface area contributed by atoms with Crippen LogP contribution in [0, 0.1) is 13.8 Å². The van der Waals surface area contributed by atoms with Crippen LogP contribution in [0.3, 0.4) is 0 Å². The fraction of sp³-hybridized carbons (Fsp3) is 0.467. The first kappa shape index (κ1) is 19.0. The van der Waals surface area contributed by atoms with E-state index in [-0.39, 0.29) is 19.7 Å². The van der Waals surface area contributed by atoms with Gasteiger partial charge in [0.1, 0.15) is 6.61 Å². The standard InChI is InChI=1S/C15H19F3N2O3/c1-10-3-4-12(7-11(10)2)14(22)20-8-13(21)19-5-6-23-9-15(16,17)18/h3-4,7H,5-6,8-9H2,1-2H3,(H,19,21)(H,20,22). The van der Waals surface area contributed by atoms with Crippen LogP contribution in [-0.2, 0) is 9.53 Å². The Bertz CT molecular complexity index is 559. The summed E-state index contributed by atoms with van der Waals surface area (Å²) in [7, 11) is 0. The first-order valence-electron chi connectivity index (χ1n) is 6.95. The Morgan fingerprint density at radius 1 is 1.13 bits per heavy atom. The molecule has 2 amide bonds. The molecule has 5 nitrogen and oxygen atoms in total. The third-order valence-corrected chi connectivity index (χ3v) is 3.01. The normalized spacial score (nSPS) is 11.2. The summed E-state index contributed by atoms with van der Waals surface area (Å²) < 4.78 is 39.8. The van der Waals surface area contributed by atoms with Crippen molar-refractivity contribution in [3.8, 4) is 0 Å². The topological polar surface area (TPSA) is 67.4 Å². The van der Waals surface area contributed by atoms with Crippen LogP contribution in [0.25, 0.3) is 0 Å². The maximum Gasteiger partial charge on any atom is 0.411 e. The van der Waals surface area contributed by atoms with Gasteiger partial charge in [-0.15, -0.1) is 0 Å². The minimum atomic E-state index is -4.38. The zero-order valence-electron chi connectivity index (χ0n) is 12.9. The van der Waals surface area contributed by atoms with E-state index in [1.54, 1.807) is 12.1 Å². The number of halogens is 3. The molecule has 0 radical (unpaired) electrons. The molecule has 0 unspecified atom stereocenters. The SMILES string of the molecule is Cc1ccc(C(=O)NCC(=O)NCCOCC(F)(F)F)cc1C. The molecule has 1 aromatic carbocycles. The number of ether oxygens (including phenoxy) is 1. The molecule has 1 rings (SSSR count). The van der Waals surface area contributed by atoms with Crippen LogP contribution in [0.2, 0.25) is 0 Å². The molecule has 2 N–H and O–H groups in total. The lowest BCUT2D eigenvalue weighted by atomic mass is 10.1. The number of aryl methyl sites for hydroxylation is 2. The van der Waals surface area contributed by atoms with Gasteiger partial charge in [0.25, 0.3) is 5.91 Å². The Labute approximate surface area is 132 Å². The molecule has 0 saturated heterocycles. The van der Waals surface area contributed by atoms with Gasteiger partial charge in [0.2, 0.25) is 5.91 Å². The van der Waals surface area contributed by atoms with Crippen LogP contribution in [-0.4, -0.2) is 44.3 Å². The van der Waals surface area contributed by atoms with Crippen molar-refractivity contribution in [2.75, 3.05) is 26.3 Å². The molecule has 0 fully saturated rings. The van der Waals surface area contributed by atoms with E-state index < -0.39 is 24.6 Å². The van der Waals surface area contributed by atoms with Crippen molar-refractivity contribution < 1.29 is 27.5 Å². The summed E-state index contributed by atoms with van der Waals surface area (Å²) in [5.41, 5.74) is 2.46. The Morgan fingerprint density at radius 2 is 1.83 bits per heavy atom. The van der Waals surface area contributed by atoms with Crippen LogP contribution in [0.4, 0.5) is 13.2 Å². The monoisotopic (exact) mass is 332 g/mol. The molecule has 0 aromatic heterocycles. The largest absolute Gasteiger partial charge is 0.411 e. The van der Waals surface area contributed by atoms with Crippen molar-refractivity contribution in [1.29, 1.82) is 0 Å². The summed E-state index contributed by atoms with van der Waals surface area (Å²) >= 11 is 0. The highest BCUT2D eigenvalue weighted by atomic mass is 19.4. The Kier molecular flexibility index (Phi) is 7.02. The summed E-state index contributed by atoms with van der Waals surface area (Å²) in [6.45, 7) is 1.87. The Balaban J connectivity index is 2.25. The number of amides is 2. The highest BCUT2D eigenvalue weighted by molar-refractivity contribution is 5.96. The molecular formula is C15H19F3N2O3. The third kappa shape index (κ3) is 7.64. The van der Waals surface area contributed by atoms with E-state index >= 15 is 0 Å². The maximum atomic E-state index is 11.9. The summed E-state index contributed by atoms with van der Waals surface area (Å²) in [6.07, 6.45) is -4.38. The number of nitrogens with one attached hydrogen (secondary N) is 2. The molecule has 0 spiro atoms. The number of carbonyl (C=O) groups is 2. The van der Waals surface area contributed by atoms with Crippen LogP contribution in [0.15, 0.2) is 18.2 Å². The van der Waals surface area contributed by atoms with Gasteiger partial charge in [-0.3, -0.25) is 9.59 Å². The van der Waals surface area contributed by atoms with E-state index in [0.717, 1.165) is 11.1 Å².